The Morgan fingerprint density at radius 2 is 2.28 bits per heavy atom. The Morgan fingerprint density at radius 3 is 3.00 bits per heavy atom. The molecule has 0 aliphatic carbocycles. The molecular weight excluding hydrogens is 252 g/mol. The van der Waals surface area contributed by atoms with Gasteiger partial charge in [0.2, 0.25) is 11.8 Å². The molecular formula is C13H13ClN2O2. The molecule has 1 fully saturated rings. The lowest BCUT2D eigenvalue weighted by Crippen LogP contribution is -2.49. The van der Waals surface area contributed by atoms with Crippen molar-refractivity contribution in [2.24, 2.45) is 0 Å². The standard InChI is InChI=1S/C13H13ClN2O2/c14-11-3-1-2-10(8-11)4-5-13(18)16-7-6-15-12(17)9-16/h1-5,8H,6-7,9H2,(H,15,17). The van der Waals surface area contributed by atoms with Crippen LogP contribution < -0.4 is 5.32 Å². The van der Waals surface area contributed by atoms with Crippen LogP contribution in [0.1, 0.15) is 5.56 Å². The molecule has 1 aliphatic rings. The highest BCUT2D eigenvalue weighted by Crippen LogP contribution is 2.12. The molecule has 2 amide bonds. The zero-order valence-electron chi connectivity index (χ0n) is 9.73. The third kappa shape index (κ3) is 3.34. The van der Waals surface area contributed by atoms with Gasteiger partial charge in [0.05, 0.1) is 6.54 Å². The van der Waals surface area contributed by atoms with Gasteiger partial charge in [-0.25, -0.2) is 0 Å². The van der Waals surface area contributed by atoms with Crippen molar-refractivity contribution in [2.45, 2.75) is 0 Å². The molecule has 0 aromatic heterocycles. The first-order chi connectivity index (χ1) is 8.65. The summed E-state index contributed by atoms with van der Waals surface area (Å²) in [4.78, 5) is 24.5. The van der Waals surface area contributed by atoms with Crippen molar-refractivity contribution in [3.8, 4) is 0 Å². The molecule has 1 aliphatic heterocycles. The first kappa shape index (κ1) is 12.6. The Balaban J connectivity index is 2.00. The summed E-state index contributed by atoms with van der Waals surface area (Å²) in [5, 5.41) is 3.30. The van der Waals surface area contributed by atoms with Crippen LogP contribution in [-0.2, 0) is 9.59 Å². The molecule has 1 heterocycles. The minimum Gasteiger partial charge on any atom is -0.353 e. The summed E-state index contributed by atoms with van der Waals surface area (Å²) in [7, 11) is 0. The van der Waals surface area contributed by atoms with Crippen LogP contribution in [0.15, 0.2) is 30.3 Å². The van der Waals surface area contributed by atoms with Crippen LogP contribution in [0.4, 0.5) is 0 Å². The Bertz CT molecular complexity index is 500. The fraction of sp³-hybridized carbons (Fsp3) is 0.231. The van der Waals surface area contributed by atoms with Gasteiger partial charge in [0.1, 0.15) is 0 Å². The molecule has 4 nitrogen and oxygen atoms in total. The lowest BCUT2D eigenvalue weighted by molar-refractivity contribution is -0.134. The number of hydrogen-bond acceptors (Lipinski definition) is 2. The molecule has 0 saturated carbocycles. The van der Waals surface area contributed by atoms with Gasteiger partial charge in [-0.05, 0) is 23.8 Å². The number of carbonyl (C=O) groups is 2. The zero-order valence-corrected chi connectivity index (χ0v) is 10.5. The second-order valence-electron chi connectivity index (χ2n) is 4.00. The number of piperazine rings is 1. The minimum atomic E-state index is -0.162. The van der Waals surface area contributed by atoms with Gasteiger partial charge >= 0.3 is 0 Å². The second kappa shape index (κ2) is 5.69. The van der Waals surface area contributed by atoms with Crippen molar-refractivity contribution in [2.75, 3.05) is 19.6 Å². The van der Waals surface area contributed by atoms with Crippen molar-refractivity contribution >= 4 is 29.5 Å². The molecule has 18 heavy (non-hydrogen) atoms. The molecule has 1 aromatic rings. The number of carbonyl (C=O) groups excluding carboxylic acids is 2. The summed E-state index contributed by atoms with van der Waals surface area (Å²) >= 11 is 5.85. The van der Waals surface area contributed by atoms with Crippen LogP contribution in [0.2, 0.25) is 5.02 Å². The average molecular weight is 265 g/mol. The van der Waals surface area contributed by atoms with E-state index < -0.39 is 0 Å². The van der Waals surface area contributed by atoms with Gasteiger partial charge in [0.25, 0.3) is 0 Å². The molecule has 0 spiro atoms. The van der Waals surface area contributed by atoms with Gasteiger partial charge in [-0.2, -0.15) is 0 Å². The van der Waals surface area contributed by atoms with Crippen LogP contribution in [0, 0.1) is 0 Å². The van der Waals surface area contributed by atoms with Gasteiger partial charge < -0.3 is 10.2 Å². The number of benzene rings is 1. The van der Waals surface area contributed by atoms with Gasteiger partial charge in [0.15, 0.2) is 0 Å². The van der Waals surface area contributed by atoms with Gasteiger partial charge in [0, 0.05) is 24.2 Å². The van der Waals surface area contributed by atoms with E-state index in [9.17, 15) is 9.59 Å². The first-order valence-electron chi connectivity index (χ1n) is 5.64. The Hall–Kier alpha value is -1.81. The summed E-state index contributed by atoms with van der Waals surface area (Å²) in [6.07, 6.45) is 3.16. The smallest absolute Gasteiger partial charge is 0.247 e. The number of amides is 2. The fourth-order valence-corrected chi connectivity index (χ4v) is 1.91. The molecule has 5 heteroatoms. The Morgan fingerprint density at radius 1 is 1.44 bits per heavy atom. The van der Waals surface area contributed by atoms with Crippen molar-refractivity contribution in [1.29, 1.82) is 0 Å². The van der Waals surface area contributed by atoms with Crippen LogP contribution in [0.5, 0.6) is 0 Å². The van der Waals surface area contributed by atoms with Crippen molar-refractivity contribution in [3.05, 3.63) is 40.9 Å². The first-order valence-corrected chi connectivity index (χ1v) is 6.02. The van der Waals surface area contributed by atoms with E-state index in [0.717, 1.165) is 5.56 Å². The van der Waals surface area contributed by atoms with Crippen LogP contribution in [0.25, 0.3) is 6.08 Å². The minimum absolute atomic E-state index is 0.120. The van der Waals surface area contributed by atoms with Crippen LogP contribution in [-0.4, -0.2) is 36.3 Å². The maximum Gasteiger partial charge on any atom is 0.247 e. The molecule has 1 N–H and O–H groups in total. The predicted molar refractivity (Wildman–Crippen MR) is 70.1 cm³/mol. The second-order valence-corrected chi connectivity index (χ2v) is 4.43. The highest BCUT2D eigenvalue weighted by molar-refractivity contribution is 6.30. The lowest BCUT2D eigenvalue weighted by atomic mass is 10.2. The number of halogens is 1. The quantitative estimate of drug-likeness (QED) is 0.819. The topological polar surface area (TPSA) is 49.4 Å². The Kier molecular flexibility index (Phi) is 3.99. The SMILES string of the molecule is O=C1CN(C(=O)C=Cc2cccc(Cl)c2)CCN1. The van der Waals surface area contributed by atoms with Gasteiger partial charge in [-0.3, -0.25) is 9.59 Å². The number of nitrogens with one attached hydrogen (secondary N) is 1. The predicted octanol–water partition coefficient (Wildman–Crippen LogP) is 1.31. The van der Waals surface area contributed by atoms with Crippen LogP contribution >= 0.6 is 11.6 Å². The van der Waals surface area contributed by atoms with Gasteiger partial charge in [-0.1, -0.05) is 23.7 Å². The molecule has 0 radical (unpaired) electrons. The van der Waals surface area contributed by atoms with Crippen molar-refractivity contribution in [1.82, 2.24) is 10.2 Å². The summed E-state index contributed by atoms with van der Waals surface area (Å²) in [6, 6.07) is 7.23. The van der Waals surface area contributed by atoms with E-state index >= 15 is 0 Å². The van der Waals surface area contributed by atoms with E-state index in [1.165, 1.54) is 11.0 Å². The summed E-state index contributed by atoms with van der Waals surface area (Å²) < 4.78 is 0. The summed E-state index contributed by atoms with van der Waals surface area (Å²) in [5.74, 6) is -0.282. The normalized spacial score (nSPS) is 15.8. The maximum atomic E-state index is 11.8. The van der Waals surface area contributed by atoms with E-state index in [-0.39, 0.29) is 18.4 Å². The number of nitrogens with zero attached hydrogens (tertiary/aromatic N) is 1. The molecule has 0 bridgehead atoms. The molecule has 94 valence electrons. The molecule has 2 rings (SSSR count). The molecule has 1 saturated heterocycles. The average Bonchev–Trinajstić information content (AvgIpc) is 2.36. The van der Waals surface area contributed by atoms with E-state index in [1.54, 1.807) is 18.2 Å². The van der Waals surface area contributed by atoms with Crippen molar-refractivity contribution < 1.29 is 9.59 Å². The summed E-state index contributed by atoms with van der Waals surface area (Å²) in [5.41, 5.74) is 0.859. The highest BCUT2D eigenvalue weighted by Gasteiger charge is 2.18. The van der Waals surface area contributed by atoms with E-state index in [2.05, 4.69) is 5.32 Å². The van der Waals surface area contributed by atoms with E-state index in [4.69, 9.17) is 11.6 Å². The number of hydrogen-bond donors (Lipinski definition) is 1. The third-order valence-corrected chi connectivity index (χ3v) is 2.85. The monoisotopic (exact) mass is 264 g/mol. The van der Waals surface area contributed by atoms with Gasteiger partial charge in [-0.15, -0.1) is 0 Å². The van der Waals surface area contributed by atoms with E-state index in [1.807, 2.05) is 12.1 Å². The third-order valence-electron chi connectivity index (χ3n) is 2.62. The van der Waals surface area contributed by atoms with Crippen molar-refractivity contribution in [3.63, 3.8) is 0 Å². The molecule has 0 atom stereocenters. The lowest BCUT2D eigenvalue weighted by Gasteiger charge is -2.25. The molecule has 1 aromatic carbocycles. The summed E-state index contributed by atoms with van der Waals surface area (Å²) in [6.45, 7) is 1.18. The molecule has 0 unspecified atom stereocenters. The zero-order chi connectivity index (χ0) is 13.0. The fourth-order valence-electron chi connectivity index (χ4n) is 1.71. The highest BCUT2D eigenvalue weighted by atomic mass is 35.5. The Labute approximate surface area is 110 Å². The largest absolute Gasteiger partial charge is 0.353 e. The van der Waals surface area contributed by atoms with E-state index in [0.29, 0.717) is 18.1 Å². The van der Waals surface area contributed by atoms with Crippen LogP contribution in [0.3, 0.4) is 0 Å². The maximum absolute atomic E-state index is 11.8. The number of rotatable bonds is 2.